The van der Waals surface area contributed by atoms with Crippen molar-refractivity contribution in [3.8, 4) is 16.9 Å². The molecule has 0 radical (unpaired) electrons. The second kappa shape index (κ2) is 6.39. The third-order valence-electron chi connectivity index (χ3n) is 3.37. The van der Waals surface area contributed by atoms with Crippen LogP contribution in [0.2, 0.25) is 0 Å². The summed E-state index contributed by atoms with van der Waals surface area (Å²) in [5, 5.41) is 0. The van der Waals surface area contributed by atoms with Gasteiger partial charge < -0.3 is 10.5 Å². The second-order valence-corrected chi connectivity index (χ2v) is 4.80. The van der Waals surface area contributed by atoms with Crippen molar-refractivity contribution >= 4 is 0 Å². The normalized spacial score (nSPS) is 12.2. The van der Waals surface area contributed by atoms with Crippen molar-refractivity contribution in [1.29, 1.82) is 0 Å². The van der Waals surface area contributed by atoms with Gasteiger partial charge in [-0.25, -0.2) is 0 Å². The van der Waals surface area contributed by atoms with Gasteiger partial charge in [-0.15, -0.1) is 0 Å². The maximum Gasteiger partial charge on any atom is 0.118 e. The molecule has 0 fully saturated rings. The Labute approximate surface area is 115 Å². The fourth-order valence-electron chi connectivity index (χ4n) is 2.11. The molecule has 0 aliphatic carbocycles. The van der Waals surface area contributed by atoms with Gasteiger partial charge in [-0.2, -0.15) is 0 Å². The van der Waals surface area contributed by atoms with E-state index in [0.717, 1.165) is 18.6 Å². The van der Waals surface area contributed by atoms with Crippen LogP contribution in [0.5, 0.6) is 5.75 Å². The topological polar surface area (TPSA) is 35.2 Å². The molecular weight excluding hydrogens is 234 g/mol. The summed E-state index contributed by atoms with van der Waals surface area (Å²) in [7, 11) is 1.68. The summed E-state index contributed by atoms with van der Waals surface area (Å²) in [5.41, 5.74) is 9.74. The van der Waals surface area contributed by atoms with Crippen molar-refractivity contribution in [3.05, 3.63) is 54.1 Å². The highest BCUT2D eigenvalue weighted by Crippen LogP contribution is 2.23. The van der Waals surface area contributed by atoms with Crippen molar-refractivity contribution < 1.29 is 4.74 Å². The van der Waals surface area contributed by atoms with Crippen LogP contribution < -0.4 is 10.5 Å². The zero-order chi connectivity index (χ0) is 13.7. The second-order valence-electron chi connectivity index (χ2n) is 4.80. The van der Waals surface area contributed by atoms with E-state index in [1.165, 1.54) is 16.7 Å². The van der Waals surface area contributed by atoms with Crippen LogP contribution in [-0.2, 0) is 6.42 Å². The summed E-state index contributed by atoms with van der Waals surface area (Å²) in [6, 6.07) is 17.0. The highest BCUT2D eigenvalue weighted by atomic mass is 16.5. The Balaban J connectivity index is 2.21. The van der Waals surface area contributed by atoms with Gasteiger partial charge in [0.25, 0.3) is 0 Å². The minimum Gasteiger partial charge on any atom is -0.497 e. The van der Waals surface area contributed by atoms with Gasteiger partial charge in [0.15, 0.2) is 0 Å². The molecule has 2 nitrogen and oxygen atoms in total. The molecule has 0 saturated heterocycles. The van der Waals surface area contributed by atoms with Crippen molar-refractivity contribution in [1.82, 2.24) is 0 Å². The lowest BCUT2D eigenvalue weighted by Gasteiger charge is -2.10. The molecule has 0 aliphatic rings. The molecule has 2 rings (SSSR count). The van der Waals surface area contributed by atoms with E-state index < -0.39 is 0 Å². The van der Waals surface area contributed by atoms with E-state index in [0.29, 0.717) is 0 Å². The fourth-order valence-corrected chi connectivity index (χ4v) is 2.11. The third-order valence-corrected chi connectivity index (χ3v) is 3.37. The third kappa shape index (κ3) is 3.58. The van der Waals surface area contributed by atoms with Gasteiger partial charge in [-0.3, -0.25) is 0 Å². The van der Waals surface area contributed by atoms with E-state index in [9.17, 15) is 0 Å². The Bertz CT molecular complexity index is 519. The van der Waals surface area contributed by atoms with Crippen molar-refractivity contribution in [3.63, 3.8) is 0 Å². The number of hydrogen-bond acceptors (Lipinski definition) is 2. The molecule has 1 atom stereocenters. The van der Waals surface area contributed by atoms with Crippen molar-refractivity contribution in [2.75, 3.05) is 7.11 Å². The van der Waals surface area contributed by atoms with Crippen LogP contribution in [0, 0.1) is 0 Å². The number of methoxy groups -OCH3 is 1. The van der Waals surface area contributed by atoms with Crippen LogP contribution in [0.3, 0.4) is 0 Å². The first-order valence-electron chi connectivity index (χ1n) is 6.72. The van der Waals surface area contributed by atoms with Crippen molar-refractivity contribution in [2.45, 2.75) is 25.8 Å². The first kappa shape index (κ1) is 13.6. The Morgan fingerprint density at radius 1 is 1.05 bits per heavy atom. The largest absolute Gasteiger partial charge is 0.497 e. The van der Waals surface area contributed by atoms with E-state index >= 15 is 0 Å². The maximum atomic E-state index is 6.02. The van der Waals surface area contributed by atoms with E-state index in [4.69, 9.17) is 10.5 Å². The molecule has 100 valence electrons. The molecule has 2 aromatic rings. The zero-order valence-corrected chi connectivity index (χ0v) is 11.6. The first-order chi connectivity index (χ1) is 9.22. The van der Waals surface area contributed by atoms with Crippen LogP contribution >= 0.6 is 0 Å². The SMILES string of the molecule is CCC(N)Cc1cccc(-c2ccc(OC)cc2)c1. The predicted molar refractivity (Wildman–Crippen MR) is 80.4 cm³/mol. The molecule has 2 heteroatoms. The van der Waals surface area contributed by atoms with Gasteiger partial charge >= 0.3 is 0 Å². The Kier molecular flexibility index (Phi) is 4.58. The maximum absolute atomic E-state index is 6.02. The molecule has 1 unspecified atom stereocenters. The molecule has 19 heavy (non-hydrogen) atoms. The number of ether oxygens (including phenoxy) is 1. The molecule has 0 amide bonds. The minimum absolute atomic E-state index is 0.242. The lowest BCUT2D eigenvalue weighted by atomic mass is 9.99. The Hall–Kier alpha value is -1.80. The summed E-state index contributed by atoms with van der Waals surface area (Å²) in [6.07, 6.45) is 1.94. The molecule has 2 N–H and O–H groups in total. The number of benzene rings is 2. The average molecular weight is 255 g/mol. The highest BCUT2D eigenvalue weighted by Gasteiger charge is 2.04. The van der Waals surface area contributed by atoms with Crippen LogP contribution in [0.4, 0.5) is 0 Å². The van der Waals surface area contributed by atoms with E-state index in [-0.39, 0.29) is 6.04 Å². The van der Waals surface area contributed by atoms with Gasteiger partial charge in [-0.05, 0) is 41.7 Å². The quantitative estimate of drug-likeness (QED) is 0.885. The Morgan fingerprint density at radius 2 is 1.79 bits per heavy atom. The molecule has 0 saturated carbocycles. The molecule has 0 aliphatic heterocycles. The molecule has 0 bridgehead atoms. The van der Waals surface area contributed by atoms with Gasteiger partial charge in [-0.1, -0.05) is 43.3 Å². The highest BCUT2D eigenvalue weighted by molar-refractivity contribution is 5.64. The van der Waals surface area contributed by atoms with Crippen molar-refractivity contribution in [2.24, 2.45) is 5.73 Å². The van der Waals surface area contributed by atoms with E-state index in [1.807, 2.05) is 12.1 Å². The average Bonchev–Trinajstić information content (AvgIpc) is 2.47. The number of rotatable bonds is 5. The number of hydrogen-bond donors (Lipinski definition) is 1. The lowest BCUT2D eigenvalue weighted by Crippen LogP contribution is -2.21. The number of nitrogens with two attached hydrogens (primary N) is 1. The van der Waals surface area contributed by atoms with Gasteiger partial charge in [0.2, 0.25) is 0 Å². The van der Waals surface area contributed by atoms with Gasteiger partial charge in [0, 0.05) is 6.04 Å². The van der Waals surface area contributed by atoms with E-state index in [1.54, 1.807) is 7.11 Å². The summed E-state index contributed by atoms with van der Waals surface area (Å²) in [6.45, 7) is 2.12. The van der Waals surface area contributed by atoms with E-state index in [2.05, 4.69) is 43.3 Å². The molecule has 2 aromatic carbocycles. The lowest BCUT2D eigenvalue weighted by molar-refractivity contribution is 0.415. The summed E-state index contributed by atoms with van der Waals surface area (Å²) in [4.78, 5) is 0. The molecule has 0 spiro atoms. The van der Waals surface area contributed by atoms with Crippen LogP contribution in [0.15, 0.2) is 48.5 Å². The first-order valence-corrected chi connectivity index (χ1v) is 6.72. The van der Waals surface area contributed by atoms with Crippen LogP contribution in [0.25, 0.3) is 11.1 Å². The minimum atomic E-state index is 0.242. The summed E-state index contributed by atoms with van der Waals surface area (Å²) >= 11 is 0. The molecule has 0 heterocycles. The van der Waals surface area contributed by atoms with Gasteiger partial charge in [0.1, 0.15) is 5.75 Å². The summed E-state index contributed by atoms with van der Waals surface area (Å²) in [5.74, 6) is 0.882. The zero-order valence-electron chi connectivity index (χ0n) is 11.6. The smallest absolute Gasteiger partial charge is 0.118 e. The van der Waals surface area contributed by atoms with Gasteiger partial charge in [0.05, 0.1) is 7.11 Å². The molecular formula is C17H21NO. The molecule has 0 aromatic heterocycles. The van der Waals surface area contributed by atoms with Crippen LogP contribution in [-0.4, -0.2) is 13.2 Å². The monoisotopic (exact) mass is 255 g/mol. The fraction of sp³-hybridized carbons (Fsp3) is 0.294. The summed E-state index contributed by atoms with van der Waals surface area (Å²) < 4.78 is 5.18. The predicted octanol–water partition coefficient (Wildman–Crippen LogP) is 3.64. The standard InChI is InChI=1S/C17H21NO/c1-3-16(18)12-13-5-4-6-15(11-13)14-7-9-17(19-2)10-8-14/h4-11,16H,3,12,18H2,1-2H3. The Morgan fingerprint density at radius 3 is 2.42 bits per heavy atom. The van der Waals surface area contributed by atoms with Crippen LogP contribution in [0.1, 0.15) is 18.9 Å².